The van der Waals surface area contributed by atoms with Crippen molar-refractivity contribution in [3.05, 3.63) is 24.7 Å². The lowest BCUT2D eigenvalue weighted by molar-refractivity contribution is -0.147. The SMILES string of the molecule is CCCCCCCCCCCCCCCCC=COC(OC=CCCCCCCCCCCCCCCCC)N(C)C. The van der Waals surface area contributed by atoms with Crippen LogP contribution in [0.25, 0.3) is 0 Å². The molecule has 0 radical (unpaired) electrons. The first kappa shape index (κ1) is 41.0. The molecular weight excluding hydrogens is 514 g/mol. The van der Waals surface area contributed by atoms with Gasteiger partial charge in [0.25, 0.3) is 0 Å². The van der Waals surface area contributed by atoms with Crippen LogP contribution in [0.2, 0.25) is 0 Å². The Hall–Kier alpha value is -0.960. The van der Waals surface area contributed by atoms with Gasteiger partial charge in [0, 0.05) is 0 Å². The van der Waals surface area contributed by atoms with Gasteiger partial charge >= 0.3 is 6.41 Å². The van der Waals surface area contributed by atoms with Crippen LogP contribution in [0.15, 0.2) is 24.7 Å². The Kier molecular flexibility index (Phi) is 35.4. The molecule has 0 spiro atoms. The molecule has 0 heterocycles. The molecule has 42 heavy (non-hydrogen) atoms. The number of hydrogen-bond donors (Lipinski definition) is 0. The largest absolute Gasteiger partial charge is 0.450 e. The summed E-state index contributed by atoms with van der Waals surface area (Å²) >= 11 is 0. The summed E-state index contributed by atoms with van der Waals surface area (Å²) in [4.78, 5) is 1.97. The second-order valence-corrected chi connectivity index (χ2v) is 13.1. The number of unbranched alkanes of at least 4 members (excludes halogenated alkanes) is 28. The van der Waals surface area contributed by atoms with Crippen LogP contribution in [0, 0.1) is 0 Å². The second-order valence-electron chi connectivity index (χ2n) is 13.1. The van der Waals surface area contributed by atoms with Crippen molar-refractivity contribution in [3.63, 3.8) is 0 Å². The molecule has 0 aliphatic carbocycles. The van der Waals surface area contributed by atoms with Crippen LogP contribution >= 0.6 is 0 Å². The number of nitrogens with zero attached hydrogens (tertiary/aromatic N) is 1. The maximum Gasteiger partial charge on any atom is 0.303 e. The molecule has 0 atom stereocenters. The highest BCUT2D eigenvalue weighted by Gasteiger charge is 2.09. The van der Waals surface area contributed by atoms with Gasteiger partial charge in [-0.25, -0.2) is 4.90 Å². The molecule has 250 valence electrons. The van der Waals surface area contributed by atoms with Gasteiger partial charge in [0.15, 0.2) is 0 Å². The van der Waals surface area contributed by atoms with E-state index in [2.05, 4.69) is 26.0 Å². The standard InChI is InChI=1S/C39H77NO2/c1-5-7-9-11-13-15-17-19-21-23-25-27-29-31-33-35-37-41-39(40(3)4)42-38-36-34-32-30-28-26-24-22-20-18-16-14-12-10-8-6-2/h35-39H,5-34H2,1-4H3. The van der Waals surface area contributed by atoms with Crippen LogP contribution in [0.5, 0.6) is 0 Å². The van der Waals surface area contributed by atoms with E-state index in [9.17, 15) is 0 Å². The first-order chi connectivity index (χ1) is 20.7. The molecule has 0 rings (SSSR count). The van der Waals surface area contributed by atoms with Crippen molar-refractivity contribution in [3.8, 4) is 0 Å². The van der Waals surface area contributed by atoms with Crippen LogP contribution < -0.4 is 0 Å². The van der Waals surface area contributed by atoms with Gasteiger partial charge in [-0.1, -0.05) is 181 Å². The van der Waals surface area contributed by atoms with E-state index in [-0.39, 0.29) is 6.41 Å². The summed E-state index contributed by atoms with van der Waals surface area (Å²) in [5, 5.41) is 0. The van der Waals surface area contributed by atoms with Crippen LogP contribution in [0.1, 0.15) is 206 Å². The number of rotatable bonds is 35. The van der Waals surface area contributed by atoms with Crippen molar-refractivity contribution in [1.29, 1.82) is 0 Å². The molecule has 0 N–H and O–H groups in total. The third-order valence-electron chi connectivity index (χ3n) is 8.45. The molecule has 0 fully saturated rings. The van der Waals surface area contributed by atoms with Gasteiger partial charge in [-0.05, 0) is 51.9 Å². The molecule has 0 bridgehead atoms. The Morgan fingerprint density at radius 1 is 0.381 bits per heavy atom. The molecule has 0 unspecified atom stereocenters. The van der Waals surface area contributed by atoms with E-state index in [1.807, 2.05) is 31.5 Å². The van der Waals surface area contributed by atoms with Crippen molar-refractivity contribution in [2.24, 2.45) is 0 Å². The van der Waals surface area contributed by atoms with Crippen LogP contribution in [-0.4, -0.2) is 25.4 Å². The summed E-state index contributed by atoms with van der Waals surface area (Å²) in [5.74, 6) is 0. The smallest absolute Gasteiger partial charge is 0.303 e. The van der Waals surface area contributed by atoms with Crippen molar-refractivity contribution in [2.45, 2.75) is 213 Å². The van der Waals surface area contributed by atoms with Crippen molar-refractivity contribution >= 4 is 0 Å². The number of hydrogen-bond acceptors (Lipinski definition) is 3. The van der Waals surface area contributed by atoms with E-state index >= 15 is 0 Å². The normalized spacial score (nSPS) is 12.7. The number of ether oxygens (including phenoxy) is 2. The van der Waals surface area contributed by atoms with Crippen molar-refractivity contribution < 1.29 is 9.47 Å². The highest BCUT2D eigenvalue weighted by atomic mass is 16.7. The summed E-state index contributed by atoms with van der Waals surface area (Å²) in [7, 11) is 3.99. The molecule has 0 aliphatic rings. The zero-order valence-electron chi connectivity index (χ0n) is 29.4. The highest BCUT2D eigenvalue weighted by molar-refractivity contribution is 4.76. The predicted octanol–water partition coefficient (Wildman–Crippen LogP) is 13.6. The van der Waals surface area contributed by atoms with E-state index in [1.165, 1.54) is 180 Å². The molecule has 3 heteroatoms. The lowest BCUT2D eigenvalue weighted by Crippen LogP contribution is -2.30. The Balaban J connectivity index is 3.50. The third kappa shape index (κ3) is 33.5. The van der Waals surface area contributed by atoms with Gasteiger partial charge in [-0.3, -0.25) is 0 Å². The highest BCUT2D eigenvalue weighted by Crippen LogP contribution is 2.15. The third-order valence-corrected chi connectivity index (χ3v) is 8.45. The van der Waals surface area contributed by atoms with Gasteiger partial charge in [0.2, 0.25) is 0 Å². The Morgan fingerprint density at radius 3 is 0.857 bits per heavy atom. The lowest BCUT2D eigenvalue weighted by Gasteiger charge is -2.22. The fraction of sp³-hybridized carbons (Fsp3) is 0.897. The van der Waals surface area contributed by atoms with Gasteiger partial charge in [-0.15, -0.1) is 0 Å². The van der Waals surface area contributed by atoms with E-state index in [1.54, 1.807) is 0 Å². The maximum atomic E-state index is 5.82. The van der Waals surface area contributed by atoms with Crippen molar-refractivity contribution in [1.82, 2.24) is 4.90 Å². The fourth-order valence-corrected chi connectivity index (χ4v) is 5.57. The molecule has 0 amide bonds. The molecule has 0 saturated heterocycles. The molecule has 0 aromatic heterocycles. The molecular formula is C39H77NO2. The van der Waals surface area contributed by atoms with Crippen LogP contribution in [0.4, 0.5) is 0 Å². The average Bonchev–Trinajstić information content (AvgIpc) is 2.99. The predicted molar refractivity (Wildman–Crippen MR) is 188 cm³/mol. The summed E-state index contributed by atoms with van der Waals surface area (Å²) in [6, 6.07) is 0. The minimum atomic E-state index is -0.356. The van der Waals surface area contributed by atoms with E-state index in [0.717, 1.165) is 12.8 Å². The molecule has 0 aromatic carbocycles. The monoisotopic (exact) mass is 592 g/mol. The Labute approximate surface area is 265 Å². The molecule has 3 nitrogen and oxygen atoms in total. The molecule has 0 aromatic rings. The minimum Gasteiger partial charge on any atom is -0.450 e. The summed E-state index contributed by atoms with van der Waals surface area (Å²) in [5.41, 5.74) is 0. The summed E-state index contributed by atoms with van der Waals surface area (Å²) in [6.07, 6.45) is 49.1. The topological polar surface area (TPSA) is 21.7 Å². The van der Waals surface area contributed by atoms with E-state index in [0.29, 0.717) is 0 Å². The number of allylic oxidation sites excluding steroid dienone is 2. The minimum absolute atomic E-state index is 0.356. The Bertz CT molecular complexity index is 501. The lowest BCUT2D eigenvalue weighted by atomic mass is 10.0. The van der Waals surface area contributed by atoms with E-state index < -0.39 is 0 Å². The van der Waals surface area contributed by atoms with Crippen molar-refractivity contribution in [2.75, 3.05) is 14.1 Å². The summed E-state index contributed by atoms with van der Waals surface area (Å²) in [6.45, 7) is 4.59. The zero-order chi connectivity index (χ0) is 30.6. The Morgan fingerprint density at radius 2 is 0.619 bits per heavy atom. The molecule has 0 aliphatic heterocycles. The first-order valence-corrected chi connectivity index (χ1v) is 19.0. The quantitative estimate of drug-likeness (QED) is 0.0415. The maximum absolute atomic E-state index is 5.82. The van der Waals surface area contributed by atoms with Gasteiger partial charge in [0.05, 0.1) is 12.5 Å². The molecule has 0 saturated carbocycles. The van der Waals surface area contributed by atoms with Gasteiger partial charge in [0.1, 0.15) is 0 Å². The second kappa shape index (κ2) is 36.2. The van der Waals surface area contributed by atoms with Crippen LogP contribution in [-0.2, 0) is 9.47 Å². The summed E-state index contributed by atoms with van der Waals surface area (Å²) < 4.78 is 11.6. The zero-order valence-corrected chi connectivity index (χ0v) is 29.4. The fourth-order valence-electron chi connectivity index (χ4n) is 5.57. The van der Waals surface area contributed by atoms with E-state index in [4.69, 9.17) is 9.47 Å². The van der Waals surface area contributed by atoms with Crippen LogP contribution in [0.3, 0.4) is 0 Å². The van der Waals surface area contributed by atoms with Gasteiger partial charge < -0.3 is 9.47 Å². The average molecular weight is 592 g/mol. The first-order valence-electron chi connectivity index (χ1n) is 19.0. The van der Waals surface area contributed by atoms with Gasteiger partial charge in [-0.2, -0.15) is 0 Å².